The van der Waals surface area contributed by atoms with E-state index in [0.717, 1.165) is 12.1 Å². The summed E-state index contributed by atoms with van der Waals surface area (Å²) in [6.07, 6.45) is -0.0408. The van der Waals surface area contributed by atoms with E-state index in [1.54, 1.807) is 29.3 Å². The van der Waals surface area contributed by atoms with Crippen LogP contribution in [0.25, 0.3) is 0 Å². The average Bonchev–Trinajstić information content (AvgIpc) is 3.13. The van der Waals surface area contributed by atoms with Crippen molar-refractivity contribution in [2.75, 3.05) is 9.96 Å². The van der Waals surface area contributed by atoms with Gasteiger partial charge in [-0.25, -0.2) is 9.96 Å². The van der Waals surface area contributed by atoms with Crippen molar-refractivity contribution in [1.82, 2.24) is 0 Å². The molecule has 5 nitrogen and oxygen atoms in total. The third kappa shape index (κ3) is 3.11. The fourth-order valence-electron chi connectivity index (χ4n) is 3.89. The first-order chi connectivity index (χ1) is 13.0. The zero-order valence-electron chi connectivity index (χ0n) is 15.2. The van der Waals surface area contributed by atoms with Crippen LogP contribution in [0.4, 0.5) is 11.4 Å². The Morgan fingerprint density at radius 3 is 2.26 bits per heavy atom. The number of fused-ring (bicyclic) bond motifs is 1. The maximum absolute atomic E-state index is 13.2. The topological polar surface area (TPSA) is 49.9 Å². The predicted octanol–water partition coefficient (Wildman–Crippen LogP) is 4.06. The molecule has 0 aliphatic carbocycles. The van der Waals surface area contributed by atoms with Crippen molar-refractivity contribution in [1.29, 1.82) is 0 Å². The summed E-state index contributed by atoms with van der Waals surface area (Å²) in [7, 11) is 0. The summed E-state index contributed by atoms with van der Waals surface area (Å²) in [4.78, 5) is 33.5. The van der Waals surface area contributed by atoms with Crippen LogP contribution in [-0.2, 0) is 14.4 Å². The Bertz CT molecular complexity index is 853. The van der Waals surface area contributed by atoms with Gasteiger partial charge in [0.25, 0.3) is 5.91 Å². The highest BCUT2D eigenvalue weighted by Gasteiger charge is 2.59. The molecule has 2 aromatic rings. The molecule has 6 heteroatoms. The first-order valence-corrected chi connectivity index (χ1v) is 9.49. The van der Waals surface area contributed by atoms with Gasteiger partial charge in [-0.15, -0.1) is 0 Å². The number of para-hydroxylation sites is 1. The second-order valence-electron chi connectivity index (χ2n) is 7.40. The third-order valence-corrected chi connectivity index (χ3v) is 5.30. The van der Waals surface area contributed by atoms with Crippen LogP contribution in [0.2, 0.25) is 5.02 Å². The number of amides is 2. The summed E-state index contributed by atoms with van der Waals surface area (Å²) in [6, 6.07) is 16.2. The van der Waals surface area contributed by atoms with Gasteiger partial charge < -0.3 is 0 Å². The molecule has 140 valence electrons. The number of carbonyl (C=O) groups is 2. The summed E-state index contributed by atoms with van der Waals surface area (Å²) < 4.78 is 0. The highest BCUT2D eigenvalue weighted by atomic mass is 35.5. The highest BCUT2D eigenvalue weighted by Crippen LogP contribution is 2.42. The summed E-state index contributed by atoms with van der Waals surface area (Å²) in [5.74, 6) is -0.692. The lowest BCUT2D eigenvalue weighted by molar-refractivity contribution is -0.126. The van der Waals surface area contributed by atoms with Crippen LogP contribution in [0.15, 0.2) is 54.6 Å². The summed E-state index contributed by atoms with van der Waals surface area (Å²) >= 11 is 5.93. The fraction of sp³-hybridized carbons (Fsp3) is 0.333. The molecule has 27 heavy (non-hydrogen) atoms. The van der Waals surface area contributed by atoms with E-state index in [1.165, 1.54) is 4.90 Å². The van der Waals surface area contributed by atoms with Crippen molar-refractivity contribution in [2.24, 2.45) is 11.8 Å². The van der Waals surface area contributed by atoms with E-state index in [9.17, 15) is 9.59 Å². The number of anilines is 2. The van der Waals surface area contributed by atoms with Gasteiger partial charge in [0.2, 0.25) is 5.91 Å². The average molecular weight is 385 g/mol. The molecule has 0 saturated carbocycles. The molecule has 0 aromatic heterocycles. The normalized spacial score (nSPS) is 24.8. The summed E-state index contributed by atoms with van der Waals surface area (Å²) in [5, 5.41) is 2.31. The molecular formula is C21H21ClN2O3. The number of hydroxylamine groups is 1. The molecule has 0 bridgehead atoms. The molecule has 0 radical (unpaired) electrons. The molecule has 2 heterocycles. The van der Waals surface area contributed by atoms with Crippen LogP contribution in [-0.4, -0.2) is 24.0 Å². The van der Waals surface area contributed by atoms with E-state index in [-0.39, 0.29) is 17.9 Å². The molecule has 2 saturated heterocycles. The van der Waals surface area contributed by atoms with Crippen molar-refractivity contribution in [3.63, 3.8) is 0 Å². The molecule has 0 N–H and O–H groups in total. The molecule has 2 amide bonds. The van der Waals surface area contributed by atoms with Crippen LogP contribution in [0.3, 0.4) is 0 Å². The minimum Gasteiger partial charge on any atom is -0.273 e. The number of rotatable bonds is 4. The van der Waals surface area contributed by atoms with E-state index in [0.29, 0.717) is 16.6 Å². The van der Waals surface area contributed by atoms with Crippen LogP contribution in [0.5, 0.6) is 0 Å². The Morgan fingerprint density at radius 1 is 0.963 bits per heavy atom. The van der Waals surface area contributed by atoms with Gasteiger partial charge >= 0.3 is 0 Å². The van der Waals surface area contributed by atoms with Crippen molar-refractivity contribution in [2.45, 2.75) is 32.4 Å². The Hall–Kier alpha value is -2.37. The van der Waals surface area contributed by atoms with Crippen LogP contribution in [0.1, 0.15) is 20.3 Å². The maximum Gasteiger partial charge on any atom is 0.266 e. The van der Waals surface area contributed by atoms with Gasteiger partial charge in [-0.3, -0.25) is 14.4 Å². The minimum absolute atomic E-state index is 0.189. The van der Waals surface area contributed by atoms with Gasteiger partial charge in [0, 0.05) is 5.02 Å². The second kappa shape index (κ2) is 6.98. The van der Waals surface area contributed by atoms with Crippen molar-refractivity contribution < 1.29 is 14.4 Å². The number of halogens is 1. The van der Waals surface area contributed by atoms with Crippen molar-refractivity contribution >= 4 is 34.8 Å². The maximum atomic E-state index is 13.2. The van der Waals surface area contributed by atoms with E-state index in [1.807, 2.05) is 30.3 Å². The SMILES string of the molecule is CC(C)C[C@@H]1[C@@H]2C(=O)N(c3ccc(Cl)cc3)C(=O)[C@H]2ON1c1ccccc1. The smallest absolute Gasteiger partial charge is 0.266 e. The van der Waals surface area contributed by atoms with E-state index < -0.39 is 12.0 Å². The Balaban J connectivity index is 1.69. The van der Waals surface area contributed by atoms with E-state index in [4.69, 9.17) is 16.4 Å². The Labute approximate surface area is 163 Å². The molecule has 2 aliphatic heterocycles. The monoisotopic (exact) mass is 384 g/mol. The quantitative estimate of drug-likeness (QED) is 0.746. The number of hydrogen-bond acceptors (Lipinski definition) is 4. The molecule has 2 aliphatic rings. The summed E-state index contributed by atoms with van der Waals surface area (Å²) in [5.41, 5.74) is 1.39. The zero-order chi connectivity index (χ0) is 19.1. The number of carbonyl (C=O) groups excluding carboxylic acids is 2. The van der Waals surface area contributed by atoms with E-state index in [2.05, 4.69) is 13.8 Å². The van der Waals surface area contributed by atoms with Gasteiger partial charge in [-0.2, -0.15) is 0 Å². The minimum atomic E-state index is -0.794. The van der Waals surface area contributed by atoms with E-state index >= 15 is 0 Å². The van der Waals surface area contributed by atoms with Gasteiger partial charge in [0.05, 0.1) is 23.3 Å². The third-order valence-electron chi connectivity index (χ3n) is 5.05. The fourth-order valence-corrected chi connectivity index (χ4v) is 4.01. The molecule has 2 fully saturated rings. The van der Waals surface area contributed by atoms with Crippen molar-refractivity contribution in [3.8, 4) is 0 Å². The Kier molecular flexibility index (Phi) is 4.66. The van der Waals surface area contributed by atoms with Crippen LogP contribution < -0.4 is 9.96 Å². The number of imide groups is 1. The lowest BCUT2D eigenvalue weighted by atomic mass is 9.90. The van der Waals surface area contributed by atoms with Crippen LogP contribution >= 0.6 is 11.6 Å². The molecule has 2 aromatic carbocycles. The number of nitrogens with zero attached hydrogens (tertiary/aromatic N) is 2. The van der Waals surface area contributed by atoms with Gasteiger partial charge in [0.1, 0.15) is 0 Å². The first kappa shape index (κ1) is 18.0. The molecule has 0 spiro atoms. The Morgan fingerprint density at radius 2 is 1.63 bits per heavy atom. The first-order valence-electron chi connectivity index (χ1n) is 9.12. The largest absolute Gasteiger partial charge is 0.273 e. The highest BCUT2D eigenvalue weighted by molar-refractivity contribution is 6.31. The van der Waals surface area contributed by atoms with Crippen molar-refractivity contribution in [3.05, 3.63) is 59.6 Å². The number of benzene rings is 2. The number of hydrogen-bond donors (Lipinski definition) is 0. The molecular weight excluding hydrogens is 364 g/mol. The van der Waals surface area contributed by atoms with Crippen LogP contribution in [0, 0.1) is 11.8 Å². The van der Waals surface area contributed by atoms with Gasteiger partial charge in [-0.05, 0) is 48.7 Å². The molecule has 3 atom stereocenters. The molecule has 0 unspecified atom stereocenters. The lowest BCUT2D eigenvalue weighted by Gasteiger charge is -2.29. The summed E-state index contributed by atoms with van der Waals surface area (Å²) in [6.45, 7) is 4.21. The lowest BCUT2D eigenvalue weighted by Crippen LogP contribution is -2.41. The predicted molar refractivity (Wildman–Crippen MR) is 104 cm³/mol. The van der Waals surface area contributed by atoms with Gasteiger partial charge in [-0.1, -0.05) is 43.6 Å². The zero-order valence-corrected chi connectivity index (χ0v) is 16.0. The van der Waals surface area contributed by atoms with Gasteiger partial charge in [0.15, 0.2) is 6.10 Å². The standard InChI is InChI=1S/C21H21ClN2O3/c1-13(2)12-17-18-19(27-24(17)16-6-4-3-5-7-16)21(26)23(20(18)25)15-10-8-14(22)9-11-15/h3-11,13,17-19H,12H2,1-2H3/t17-,18+,19+/m1/s1. The second-order valence-corrected chi connectivity index (χ2v) is 7.83. The molecule has 4 rings (SSSR count).